The molecular formula is C59H45N5. The Hall–Kier alpha value is -8.41. The number of hydrogen-bond acceptors (Lipinski definition) is 5. The average Bonchev–Trinajstić information content (AvgIpc) is 3.36. The van der Waals surface area contributed by atoms with Gasteiger partial charge in [0.05, 0.1) is 22.8 Å². The Morgan fingerprint density at radius 2 is 0.719 bits per heavy atom. The molecular weight excluding hydrogens is 779 g/mol. The lowest BCUT2D eigenvalue weighted by molar-refractivity contribution is 1.05. The first-order valence-electron chi connectivity index (χ1n) is 21.7. The number of aromatic nitrogens is 2. The van der Waals surface area contributed by atoms with E-state index in [1.54, 1.807) is 0 Å². The SMILES string of the molecule is C1=C(c2cccc(N(c3ccccc3)c3ccccc3)c2)C=C(c2cccc(N(c3ccccc3)c3ccccc3)c2)N=C(c2nc(-c3ccccc3)cc(-c3ccccc3)n2)CC1. The summed E-state index contributed by atoms with van der Waals surface area (Å²) in [5.74, 6) is 0.623. The van der Waals surface area contributed by atoms with Crippen LogP contribution in [-0.2, 0) is 0 Å². The Bertz CT molecular complexity index is 2940. The molecule has 1 aromatic heterocycles. The van der Waals surface area contributed by atoms with Gasteiger partial charge < -0.3 is 9.80 Å². The molecule has 0 amide bonds. The number of hydrogen-bond donors (Lipinski definition) is 0. The highest BCUT2D eigenvalue weighted by Gasteiger charge is 2.20. The lowest BCUT2D eigenvalue weighted by Crippen LogP contribution is -2.11. The third-order valence-corrected chi connectivity index (χ3v) is 11.3. The molecule has 0 unspecified atom stereocenters. The summed E-state index contributed by atoms with van der Waals surface area (Å²) in [4.78, 5) is 20.7. The van der Waals surface area contributed by atoms with E-state index < -0.39 is 0 Å². The van der Waals surface area contributed by atoms with Crippen LogP contribution >= 0.6 is 0 Å². The lowest BCUT2D eigenvalue weighted by Gasteiger charge is -2.26. The summed E-state index contributed by atoms with van der Waals surface area (Å²) in [7, 11) is 0. The Morgan fingerprint density at radius 1 is 0.344 bits per heavy atom. The van der Waals surface area contributed by atoms with Gasteiger partial charge in [0.15, 0.2) is 5.82 Å². The molecule has 0 radical (unpaired) electrons. The van der Waals surface area contributed by atoms with Gasteiger partial charge in [-0.1, -0.05) is 164 Å². The number of para-hydroxylation sites is 4. The first-order valence-corrected chi connectivity index (χ1v) is 21.7. The fourth-order valence-electron chi connectivity index (χ4n) is 8.24. The van der Waals surface area contributed by atoms with E-state index in [9.17, 15) is 0 Å². The van der Waals surface area contributed by atoms with Crippen molar-refractivity contribution in [3.8, 4) is 22.5 Å². The molecule has 0 aliphatic carbocycles. The molecule has 10 rings (SSSR count). The molecule has 2 heterocycles. The standard InChI is InChI=1S/C59H45N5/c1-7-22-44(23-8-1)57-43-58(45-24-9-2-10-25-45)62-59(61-57)55-39-21-27-47(46-26-19-37-53(40-46)63(49-29-11-3-12-30-49)50-31-13-4-14-32-50)42-56(60-55)48-28-20-38-54(41-48)64(51-33-15-5-16-34-51)52-35-17-6-18-36-52/h1-20,22-38,40-43H,21,39H2. The van der Waals surface area contributed by atoms with Crippen molar-refractivity contribution in [2.45, 2.75) is 12.8 Å². The van der Waals surface area contributed by atoms with Crippen molar-refractivity contribution in [3.63, 3.8) is 0 Å². The molecule has 0 atom stereocenters. The molecule has 8 aromatic carbocycles. The molecule has 1 aliphatic heterocycles. The summed E-state index contributed by atoms with van der Waals surface area (Å²) in [6.07, 6.45) is 5.97. The second kappa shape index (κ2) is 18.7. The maximum Gasteiger partial charge on any atom is 0.175 e. The number of allylic oxidation sites excluding steroid dienone is 3. The zero-order valence-electron chi connectivity index (χ0n) is 35.3. The number of benzene rings is 8. The van der Waals surface area contributed by atoms with Crippen molar-refractivity contribution in [1.29, 1.82) is 0 Å². The van der Waals surface area contributed by atoms with Gasteiger partial charge in [-0.25, -0.2) is 15.0 Å². The summed E-state index contributed by atoms with van der Waals surface area (Å²) in [5.41, 5.74) is 15.0. The highest BCUT2D eigenvalue weighted by Crippen LogP contribution is 2.39. The lowest BCUT2D eigenvalue weighted by atomic mass is 9.97. The maximum atomic E-state index is 5.60. The van der Waals surface area contributed by atoms with Gasteiger partial charge in [-0.15, -0.1) is 0 Å². The number of nitrogens with zero attached hydrogens (tertiary/aromatic N) is 5. The Morgan fingerprint density at radius 3 is 1.17 bits per heavy atom. The number of rotatable bonds is 11. The van der Waals surface area contributed by atoms with Crippen molar-refractivity contribution < 1.29 is 0 Å². The van der Waals surface area contributed by atoms with Crippen LogP contribution in [0.1, 0.15) is 29.8 Å². The Kier molecular flexibility index (Phi) is 11.6. The van der Waals surface area contributed by atoms with Gasteiger partial charge in [-0.2, -0.15) is 0 Å². The molecule has 1 aliphatic rings. The molecule has 0 N–H and O–H groups in total. The van der Waals surface area contributed by atoms with Gasteiger partial charge in [-0.05, 0) is 109 Å². The summed E-state index contributed by atoms with van der Waals surface area (Å²) in [6, 6.07) is 82.4. The van der Waals surface area contributed by atoms with Crippen molar-refractivity contribution in [2.75, 3.05) is 9.80 Å². The highest BCUT2D eigenvalue weighted by atomic mass is 15.1. The molecule has 5 nitrogen and oxygen atoms in total. The van der Waals surface area contributed by atoms with Crippen molar-refractivity contribution in [1.82, 2.24) is 9.97 Å². The van der Waals surface area contributed by atoms with Gasteiger partial charge in [-0.3, -0.25) is 0 Å². The van der Waals surface area contributed by atoms with E-state index in [0.29, 0.717) is 12.2 Å². The molecule has 0 saturated carbocycles. The van der Waals surface area contributed by atoms with Gasteiger partial charge in [0.25, 0.3) is 0 Å². The predicted octanol–water partition coefficient (Wildman–Crippen LogP) is 15.5. The van der Waals surface area contributed by atoms with Crippen LogP contribution in [0, 0.1) is 0 Å². The third-order valence-electron chi connectivity index (χ3n) is 11.3. The van der Waals surface area contributed by atoms with E-state index in [0.717, 1.165) is 91.2 Å². The van der Waals surface area contributed by atoms with Gasteiger partial charge in [0.1, 0.15) is 0 Å². The zero-order valence-corrected chi connectivity index (χ0v) is 35.3. The smallest absolute Gasteiger partial charge is 0.175 e. The fourth-order valence-corrected chi connectivity index (χ4v) is 8.24. The van der Waals surface area contributed by atoms with E-state index >= 15 is 0 Å². The second-order valence-electron chi connectivity index (χ2n) is 15.6. The summed E-state index contributed by atoms with van der Waals surface area (Å²) in [5, 5.41) is 0. The first-order chi connectivity index (χ1) is 31.7. The van der Waals surface area contributed by atoms with Crippen LogP contribution in [0.4, 0.5) is 34.1 Å². The van der Waals surface area contributed by atoms with Gasteiger partial charge >= 0.3 is 0 Å². The quantitative estimate of drug-likeness (QED) is 0.130. The molecule has 64 heavy (non-hydrogen) atoms. The van der Waals surface area contributed by atoms with Gasteiger partial charge in [0, 0.05) is 50.8 Å². The van der Waals surface area contributed by atoms with Crippen LogP contribution in [0.25, 0.3) is 33.8 Å². The fraction of sp³-hybridized carbons (Fsp3) is 0.0339. The van der Waals surface area contributed by atoms with Crippen LogP contribution in [0.2, 0.25) is 0 Å². The Labute approximate surface area is 375 Å². The zero-order chi connectivity index (χ0) is 42.9. The molecule has 0 bridgehead atoms. The molecule has 9 aromatic rings. The maximum absolute atomic E-state index is 5.60. The molecule has 0 fully saturated rings. The van der Waals surface area contributed by atoms with Crippen molar-refractivity contribution in [2.24, 2.45) is 4.99 Å². The van der Waals surface area contributed by atoms with Crippen LogP contribution in [-0.4, -0.2) is 15.7 Å². The monoisotopic (exact) mass is 823 g/mol. The molecule has 306 valence electrons. The normalized spacial score (nSPS) is 12.5. The van der Waals surface area contributed by atoms with E-state index in [1.165, 1.54) is 0 Å². The topological polar surface area (TPSA) is 44.6 Å². The summed E-state index contributed by atoms with van der Waals surface area (Å²) < 4.78 is 0. The van der Waals surface area contributed by atoms with Crippen LogP contribution in [0.5, 0.6) is 0 Å². The highest BCUT2D eigenvalue weighted by molar-refractivity contribution is 6.03. The average molecular weight is 824 g/mol. The second-order valence-corrected chi connectivity index (χ2v) is 15.6. The minimum atomic E-state index is 0.623. The third kappa shape index (κ3) is 8.83. The minimum absolute atomic E-state index is 0.623. The minimum Gasteiger partial charge on any atom is -0.310 e. The van der Waals surface area contributed by atoms with Crippen LogP contribution in [0.3, 0.4) is 0 Å². The first kappa shape index (κ1) is 39.7. The summed E-state index contributed by atoms with van der Waals surface area (Å²) >= 11 is 0. The molecule has 0 saturated heterocycles. The number of anilines is 6. The van der Waals surface area contributed by atoms with E-state index in [4.69, 9.17) is 15.0 Å². The van der Waals surface area contributed by atoms with Crippen LogP contribution < -0.4 is 9.80 Å². The Balaban J connectivity index is 1.13. The largest absolute Gasteiger partial charge is 0.310 e. The van der Waals surface area contributed by atoms with Crippen LogP contribution in [0.15, 0.2) is 254 Å². The predicted molar refractivity (Wildman–Crippen MR) is 267 cm³/mol. The van der Waals surface area contributed by atoms with Crippen molar-refractivity contribution >= 4 is 51.1 Å². The summed E-state index contributed by atoms with van der Waals surface area (Å²) in [6.45, 7) is 0. The van der Waals surface area contributed by atoms with E-state index in [-0.39, 0.29) is 0 Å². The number of aliphatic imine (C=N–C) groups is 1. The van der Waals surface area contributed by atoms with Crippen molar-refractivity contribution in [3.05, 3.63) is 266 Å². The van der Waals surface area contributed by atoms with Gasteiger partial charge in [0.2, 0.25) is 0 Å². The van der Waals surface area contributed by atoms with E-state index in [1.807, 2.05) is 12.1 Å². The molecule has 0 spiro atoms. The molecule has 5 heteroatoms. The van der Waals surface area contributed by atoms with E-state index in [2.05, 4.69) is 246 Å².